The highest BCUT2D eigenvalue weighted by Gasteiger charge is 2.13. The van der Waals surface area contributed by atoms with Gasteiger partial charge in [0.15, 0.2) is 0 Å². The molecule has 1 N–H and O–H groups in total. The molecular weight excluding hydrogens is 324 g/mol. The van der Waals surface area contributed by atoms with Crippen molar-refractivity contribution in [2.45, 2.75) is 13.1 Å². The number of oxazole rings is 1. The molecule has 3 rings (SSSR count). The Hall–Kier alpha value is -2.15. The van der Waals surface area contributed by atoms with Gasteiger partial charge in [-0.2, -0.15) is 0 Å². The molecular formula is C18H20N2O3S. The number of methoxy groups -OCH3 is 1. The summed E-state index contributed by atoms with van der Waals surface area (Å²) >= 11 is 1.60. The van der Waals surface area contributed by atoms with Crippen LogP contribution in [0.25, 0.3) is 10.8 Å². The van der Waals surface area contributed by atoms with Gasteiger partial charge in [-0.15, -0.1) is 11.3 Å². The van der Waals surface area contributed by atoms with Crippen LogP contribution in [0.2, 0.25) is 0 Å². The first kappa shape index (κ1) is 16.7. The van der Waals surface area contributed by atoms with Crippen LogP contribution in [0.4, 0.5) is 0 Å². The molecule has 126 valence electrons. The molecule has 0 unspecified atom stereocenters. The predicted molar refractivity (Wildman–Crippen MR) is 94.0 cm³/mol. The van der Waals surface area contributed by atoms with Gasteiger partial charge in [0.25, 0.3) is 0 Å². The number of hydrogen-bond acceptors (Lipinski definition) is 6. The summed E-state index contributed by atoms with van der Waals surface area (Å²) in [6.45, 7) is 1.92. The Morgan fingerprint density at radius 2 is 2.08 bits per heavy atom. The first-order valence-corrected chi connectivity index (χ1v) is 8.61. The Bertz CT molecular complexity index is 755. The number of benzene rings is 1. The van der Waals surface area contributed by atoms with E-state index in [4.69, 9.17) is 9.15 Å². The maximum atomic E-state index is 9.36. The fraction of sp³-hybridized carbons (Fsp3) is 0.278. The molecule has 0 aliphatic heterocycles. The van der Waals surface area contributed by atoms with Crippen LogP contribution in [0.3, 0.4) is 0 Å². The van der Waals surface area contributed by atoms with E-state index in [1.807, 2.05) is 41.8 Å². The number of para-hydroxylation sites is 1. The molecule has 0 aliphatic rings. The van der Waals surface area contributed by atoms with E-state index in [9.17, 15) is 5.11 Å². The lowest BCUT2D eigenvalue weighted by Gasteiger charge is -2.21. The third kappa shape index (κ3) is 4.03. The Balaban J connectivity index is 1.72. The number of nitrogens with zero attached hydrogens (tertiary/aromatic N) is 2. The summed E-state index contributed by atoms with van der Waals surface area (Å²) in [4.78, 5) is 7.68. The van der Waals surface area contributed by atoms with Gasteiger partial charge in [0.2, 0.25) is 5.89 Å². The molecule has 0 saturated heterocycles. The quantitative estimate of drug-likeness (QED) is 0.679. The molecule has 2 aromatic heterocycles. The average Bonchev–Trinajstić information content (AvgIpc) is 3.26. The predicted octanol–water partition coefficient (Wildman–Crippen LogP) is 3.41. The molecule has 0 saturated carbocycles. The number of ether oxygens (including phenoxy) is 1. The summed E-state index contributed by atoms with van der Waals surface area (Å²) in [5.74, 6) is 1.49. The Kier molecular flexibility index (Phi) is 5.63. The van der Waals surface area contributed by atoms with Crippen molar-refractivity contribution in [1.29, 1.82) is 0 Å². The average molecular weight is 344 g/mol. The third-order valence-electron chi connectivity index (χ3n) is 3.67. The van der Waals surface area contributed by atoms with Crippen LogP contribution >= 0.6 is 11.3 Å². The van der Waals surface area contributed by atoms with Gasteiger partial charge in [0.1, 0.15) is 12.0 Å². The normalized spacial score (nSPS) is 11.1. The van der Waals surface area contributed by atoms with Gasteiger partial charge in [0, 0.05) is 25.2 Å². The Morgan fingerprint density at radius 3 is 2.83 bits per heavy atom. The van der Waals surface area contributed by atoms with Gasteiger partial charge in [0.05, 0.1) is 24.3 Å². The third-order valence-corrected chi connectivity index (χ3v) is 4.53. The summed E-state index contributed by atoms with van der Waals surface area (Å²) < 4.78 is 11.0. The first-order valence-electron chi connectivity index (χ1n) is 7.73. The van der Waals surface area contributed by atoms with E-state index in [0.717, 1.165) is 21.9 Å². The largest absolute Gasteiger partial charge is 0.496 e. The monoisotopic (exact) mass is 344 g/mol. The molecule has 0 fully saturated rings. The summed E-state index contributed by atoms with van der Waals surface area (Å²) in [6.07, 6.45) is 1.68. The fourth-order valence-corrected chi connectivity index (χ4v) is 3.21. The molecule has 0 bridgehead atoms. The van der Waals surface area contributed by atoms with Gasteiger partial charge in [-0.3, -0.25) is 4.90 Å². The van der Waals surface area contributed by atoms with E-state index in [1.54, 1.807) is 24.7 Å². The van der Waals surface area contributed by atoms with Gasteiger partial charge in [-0.25, -0.2) is 4.98 Å². The molecule has 6 heteroatoms. The number of rotatable bonds is 8. The number of aromatic nitrogens is 1. The minimum Gasteiger partial charge on any atom is -0.496 e. The zero-order valence-corrected chi connectivity index (χ0v) is 14.3. The molecule has 0 radical (unpaired) electrons. The number of hydrogen-bond donors (Lipinski definition) is 1. The second-order valence-corrected chi connectivity index (χ2v) is 6.32. The topological polar surface area (TPSA) is 58.7 Å². The Labute approximate surface area is 145 Å². The highest BCUT2D eigenvalue weighted by atomic mass is 32.1. The van der Waals surface area contributed by atoms with Crippen LogP contribution < -0.4 is 4.74 Å². The molecule has 3 aromatic rings. The van der Waals surface area contributed by atoms with Gasteiger partial charge in [-0.1, -0.05) is 24.3 Å². The van der Waals surface area contributed by atoms with E-state index in [0.29, 0.717) is 25.5 Å². The van der Waals surface area contributed by atoms with Crippen molar-refractivity contribution in [2.24, 2.45) is 0 Å². The van der Waals surface area contributed by atoms with Crippen molar-refractivity contribution in [1.82, 2.24) is 9.88 Å². The SMILES string of the molecule is COc1ccccc1CN(CCO)Cc1coc(-c2cccs2)n1. The molecule has 1 aromatic carbocycles. The van der Waals surface area contributed by atoms with Crippen molar-refractivity contribution >= 4 is 11.3 Å². The maximum Gasteiger partial charge on any atom is 0.236 e. The lowest BCUT2D eigenvalue weighted by molar-refractivity contribution is 0.181. The van der Waals surface area contributed by atoms with Gasteiger partial charge >= 0.3 is 0 Å². The summed E-state index contributed by atoms with van der Waals surface area (Å²) in [5, 5.41) is 11.4. The highest BCUT2D eigenvalue weighted by molar-refractivity contribution is 7.13. The summed E-state index contributed by atoms with van der Waals surface area (Å²) in [7, 11) is 1.67. The molecule has 2 heterocycles. The molecule has 0 amide bonds. The van der Waals surface area contributed by atoms with Crippen LogP contribution in [0, 0.1) is 0 Å². The molecule has 0 atom stereocenters. The van der Waals surface area contributed by atoms with E-state index in [1.165, 1.54) is 0 Å². The lowest BCUT2D eigenvalue weighted by atomic mass is 10.2. The van der Waals surface area contributed by atoms with Crippen molar-refractivity contribution in [3.8, 4) is 16.5 Å². The van der Waals surface area contributed by atoms with Crippen LogP contribution in [0.1, 0.15) is 11.3 Å². The zero-order valence-electron chi connectivity index (χ0n) is 13.5. The molecule has 24 heavy (non-hydrogen) atoms. The summed E-state index contributed by atoms with van der Waals surface area (Å²) in [6, 6.07) is 11.9. The maximum absolute atomic E-state index is 9.36. The van der Waals surface area contributed by atoms with Gasteiger partial charge < -0.3 is 14.3 Å². The standard InChI is InChI=1S/C18H20N2O3S/c1-22-16-6-3-2-5-14(16)11-20(8-9-21)12-15-13-23-18(19-15)17-7-4-10-24-17/h2-7,10,13,21H,8-9,11-12H2,1H3. The zero-order chi connectivity index (χ0) is 16.8. The first-order chi connectivity index (χ1) is 11.8. The number of thiophene rings is 1. The smallest absolute Gasteiger partial charge is 0.236 e. The van der Waals surface area contributed by atoms with Gasteiger partial charge in [-0.05, 0) is 17.5 Å². The Morgan fingerprint density at radius 1 is 1.21 bits per heavy atom. The second kappa shape index (κ2) is 8.10. The van der Waals surface area contributed by atoms with E-state index in [2.05, 4.69) is 9.88 Å². The second-order valence-electron chi connectivity index (χ2n) is 5.37. The molecule has 0 spiro atoms. The van der Waals surface area contributed by atoms with Crippen molar-refractivity contribution in [3.05, 3.63) is 59.3 Å². The highest BCUT2D eigenvalue weighted by Crippen LogP contribution is 2.25. The van der Waals surface area contributed by atoms with Crippen LogP contribution in [0.15, 0.2) is 52.5 Å². The van der Waals surface area contributed by atoms with Crippen LogP contribution in [-0.4, -0.2) is 35.3 Å². The minimum absolute atomic E-state index is 0.0881. The minimum atomic E-state index is 0.0881. The molecule has 5 nitrogen and oxygen atoms in total. The fourth-order valence-electron chi connectivity index (χ4n) is 2.55. The lowest BCUT2D eigenvalue weighted by Crippen LogP contribution is -2.26. The number of aliphatic hydroxyl groups is 1. The summed E-state index contributed by atoms with van der Waals surface area (Å²) in [5.41, 5.74) is 1.93. The van der Waals surface area contributed by atoms with Crippen molar-refractivity contribution in [2.75, 3.05) is 20.3 Å². The van der Waals surface area contributed by atoms with Crippen LogP contribution in [-0.2, 0) is 13.1 Å². The van der Waals surface area contributed by atoms with Crippen LogP contribution in [0.5, 0.6) is 5.75 Å². The van der Waals surface area contributed by atoms with E-state index < -0.39 is 0 Å². The molecule has 0 aliphatic carbocycles. The van der Waals surface area contributed by atoms with Crippen molar-refractivity contribution in [3.63, 3.8) is 0 Å². The van der Waals surface area contributed by atoms with E-state index >= 15 is 0 Å². The van der Waals surface area contributed by atoms with E-state index in [-0.39, 0.29) is 6.61 Å². The number of aliphatic hydroxyl groups excluding tert-OH is 1. The van der Waals surface area contributed by atoms with Crippen molar-refractivity contribution < 1.29 is 14.3 Å².